The third-order valence-corrected chi connectivity index (χ3v) is 1.80. The van der Waals surface area contributed by atoms with Crippen molar-refractivity contribution in [1.82, 2.24) is 4.90 Å². The zero-order valence-corrected chi connectivity index (χ0v) is 5.55. The highest BCUT2D eigenvalue weighted by Crippen LogP contribution is 2.13. The average molecular weight is 126 g/mol. The summed E-state index contributed by atoms with van der Waals surface area (Å²) in [6.45, 7) is 5.72. The molecule has 1 rings (SSSR count). The maximum atomic E-state index is 10.2. The largest absolute Gasteiger partial charge is 0.345 e. The summed E-state index contributed by atoms with van der Waals surface area (Å²) in [5.41, 5.74) is 0. The summed E-state index contributed by atoms with van der Waals surface area (Å²) in [5, 5.41) is 0. The van der Waals surface area contributed by atoms with Gasteiger partial charge in [-0.3, -0.25) is 4.79 Å². The van der Waals surface area contributed by atoms with Crippen LogP contribution in [0.5, 0.6) is 0 Å². The maximum absolute atomic E-state index is 10.2. The molecule has 1 saturated heterocycles. The number of likely N-dealkylation sites (tertiary alicyclic amines) is 1. The van der Waals surface area contributed by atoms with Crippen LogP contribution in [-0.4, -0.2) is 24.4 Å². The second-order valence-corrected chi connectivity index (χ2v) is 2.58. The van der Waals surface area contributed by atoms with Gasteiger partial charge in [0.1, 0.15) is 0 Å². The van der Waals surface area contributed by atoms with Crippen molar-refractivity contribution in [2.24, 2.45) is 5.92 Å². The lowest BCUT2D eigenvalue weighted by atomic mass is 10.00. The lowest BCUT2D eigenvalue weighted by Gasteiger charge is -2.26. The summed E-state index contributed by atoms with van der Waals surface area (Å²) >= 11 is 0. The van der Waals surface area contributed by atoms with Crippen molar-refractivity contribution >= 4 is 6.41 Å². The van der Waals surface area contributed by atoms with Crippen molar-refractivity contribution < 1.29 is 4.79 Å². The van der Waals surface area contributed by atoms with Crippen LogP contribution in [0.2, 0.25) is 0 Å². The van der Waals surface area contributed by atoms with Gasteiger partial charge in [-0.15, -0.1) is 0 Å². The molecule has 1 heterocycles. The molecular formula is C7H12NO. The summed E-state index contributed by atoms with van der Waals surface area (Å²) in [6.07, 6.45) is 3.06. The van der Waals surface area contributed by atoms with E-state index < -0.39 is 0 Å². The van der Waals surface area contributed by atoms with Gasteiger partial charge < -0.3 is 4.90 Å². The van der Waals surface area contributed by atoms with Gasteiger partial charge in [0.2, 0.25) is 6.41 Å². The third-order valence-electron chi connectivity index (χ3n) is 1.80. The second-order valence-electron chi connectivity index (χ2n) is 2.58. The van der Waals surface area contributed by atoms with Gasteiger partial charge in [0.15, 0.2) is 0 Å². The molecule has 1 amide bonds. The van der Waals surface area contributed by atoms with E-state index in [1.54, 1.807) is 0 Å². The van der Waals surface area contributed by atoms with E-state index in [9.17, 15) is 4.79 Å². The number of piperidine rings is 1. The summed E-state index contributed by atoms with van der Waals surface area (Å²) in [4.78, 5) is 12.0. The molecule has 1 radical (unpaired) electrons. The predicted octanol–water partition coefficient (Wildman–Crippen LogP) is 0.689. The maximum Gasteiger partial charge on any atom is 0.209 e. The van der Waals surface area contributed by atoms with Crippen LogP contribution in [0.4, 0.5) is 0 Å². The zero-order chi connectivity index (χ0) is 6.69. The van der Waals surface area contributed by atoms with E-state index >= 15 is 0 Å². The highest BCUT2D eigenvalue weighted by Gasteiger charge is 2.12. The molecule has 2 heteroatoms. The summed E-state index contributed by atoms with van der Waals surface area (Å²) in [5.74, 6) is 0.571. The van der Waals surface area contributed by atoms with Gasteiger partial charge in [-0.2, -0.15) is 0 Å². The molecule has 0 saturated carbocycles. The molecule has 51 valence electrons. The van der Waals surface area contributed by atoms with Crippen molar-refractivity contribution in [1.29, 1.82) is 0 Å². The van der Waals surface area contributed by atoms with E-state index in [2.05, 4.69) is 6.92 Å². The van der Waals surface area contributed by atoms with Crippen molar-refractivity contribution in [2.45, 2.75) is 12.8 Å². The molecule has 0 aliphatic carbocycles. The average Bonchev–Trinajstić information content (AvgIpc) is 1.90. The standard InChI is InChI=1S/C7H12NO/c1-7-2-4-8(6-9)5-3-7/h6-7H,1-5H2. The van der Waals surface area contributed by atoms with Crippen LogP contribution in [0.1, 0.15) is 12.8 Å². The van der Waals surface area contributed by atoms with Gasteiger partial charge in [-0.25, -0.2) is 0 Å². The van der Waals surface area contributed by atoms with Gasteiger partial charge in [-0.05, 0) is 18.8 Å². The Hall–Kier alpha value is -0.530. The topological polar surface area (TPSA) is 20.3 Å². The minimum atomic E-state index is 0.571. The van der Waals surface area contributed by atoms with Crippen molar-refractivity contribution in [3.8, 4) is 0 Å². The molecule has 0 atom stereocenters. The minimum absolute atomic E-state index is 0.571. The van der Waals surface area contributed by atoms with E-state index in [0.717, 1.165) is 32.3 Å². The summed E-state index contributed by atoms with van der Waals surface area (Å²) < 4.78 is 0. The van der Waals surface area contributed by atoms with E-state index in [4.69, 9.17) is 0 Å². The molecule has 0 spiro atoms. The molecule has 0 N–H and O–H groups in total. The van der Waals surface area contributed by atoms with Crippen LogP contribution in [0.15, 0.2) is 0 Å². The van der Waals surface area contributed by atoms with Gasteiger partial charge in [0.05, 0.1) is 0 Å². The Labute approximate surface area is 55.8 Å². The summed E-state index contributed by atoms with van der Waals surface area (Å²) in [6, 6.07) is 0. The normalized spacial score (nSPS) is 22.1. The summed E-state index contributed by atoms with van der Waals surface area (Å²) in [7, 11) is 0. The highest BCUT2D eigenvalue weighted by molar-refractivity contribution is 5.47. The van der Waals surface area contributed by atoms with Gasteiger partial charge in [-0.1, -0.05) is 6.92 Å². The predicted molar refractivity (Wildman–Crippen MR) is 35.7 cm³/mol. The molecule has 1 aliphatic rings. The fourth-order valence-electron chi connectivity index (χ4n) is 1.06. The molecule has 0 aromatic carbocycles. The highest BCUT2D eigenvalue weighted by atomic mass is 16.1. The van der Waals surface area contributed by atoms with Crippen molar-refractivity contribution in [3.63, 3.8) is 0 Å². The van der Waals surface area contributed by atoms with Gasteiger partial charge >= 0.3 is 0 Å². The lowest BCUT2D eigenvalue weighted by Crippen LogP contribution is -2.31. The monoisotopic (exact) mass is 126 g/mol. The van der Waals surface area contributed by atoms with Crippen LogP contribution < -0.4 is 0 Å². The Morgan fingerprint density at radius 1 is 1.44 bits per heavy atom. The van der Waals surface area contributed by atoms with Crippen LogP contribution >= 0.6 is 0 Å². The Balaban J connectivity index is 2.26. The Bertz CT molecular complexity index is 95.1. The number of carbonyl (C=O) groups is 1. The molecule has 0 aromatic heterocycles. The van der Waals surface area contributed by atoms with Gasteiger partial charge in [0.25, 0.3) is 0 Å². The number of nitrogens with zero attached hydrogens (tertiary/aromatic N) is 1. The molecule has 0 bridgehead atoms. The van der Waals surface area contributed by atoms with E-state index in [1.165, 1.54) is 0 Å². The Kier molecular flexibility index (Phi) is 2.09. The first-order valence-electron chi connectivity index (χ1n) is 3.35. The molecular weight excluding hydrogens is 114 g/mol. The zero-order valence-electron chi connectivity index (χ0n) is 5.55. The van der Waals surface area contributed by atoms with E-state index in [0.29, 0.717) is 5.92 Å². The fourth-order valence-corrected chi connectivity index (χ4v) is 1.06. The third kappa shape index (κ3) is 1.70. The molecule has 9 heavy (non-hydrogen) atoms. The minimum Gasteiger partial charge on any atom is -0.345 e. The first-order valence-corrected chi connectivity index (χ1v) is 3.35. The number of hydrogen-bond acceptors (Lipinski definition) is 1. The number of hydrogen-bond donors (Lipinski definition) is 0. The Morgan fingerprint density at radius 2 is 2.00 bits per heavy atom. The lowest BCUT2D eigenvalue weighted by molar-refractivity contribution is -0.119. The van der Waals surface area contributed by atoms with Gasteiger partial charge in [0, 0.05) is 13.1 Å². The Morgan fingerprint density at radius 3 is 2.44 bits per heavy atom. The number of rotatable bonds is 1. The molecule has 2 nitrogen and oxygen atoms in total. The first-order chi connectivity index (χ1) is 4.33. The second kappa shape index (κ2) is 2.85. The molecule has 1 fully saturated rings. The van der Waals surface area contributed by atoms with Crippen LogP contribution in [0, 0.1) is 12.8 Å². The molecule has 0 unspecified atom stereocenters. The van der Waals surface area contributed by atoms with Crippen molar-refractivity contribution in [2.75, 3.05) is 13.1 Å². The van der Waals surface area contributed by atoms with Crippen LogP contribution in [-0.2, 0) is 4.79 Å². The van der Waals surface area contributed by atoms with Crippen LogP contribution in [0.25, 0.3) is 0 Å². The smallest absolute Gasteiger partial charge is 0.209 e. The molecule has 0 aromatic rings. The van der Waals surface area contributed by atoms with Crippen molar-refractivity contribution in [3.05, 3.63) is 6.92 Å². The number of amides is 1. The van der Waals surface area contributed by atoms with E-state index in [-0.39, 0.29) is 0 Å². The van der Waals surface area contributed by atoms with Crippen LogP contribution in [0.3, 0.4) is 0 Å². The van der Waals surface area contributed by atoms with E-state index in [1.807, 2.05) is 4.90 Å². The first kappa shape index (κ1) is 6.59. The molecule has 1 aliphatic heterocycles. The fraction of sp³-hybridized carbons (Fsp3) is 0.714. The SMILES string of the molecule is [CH2]C1CCN(C=O)CC1. The quantitative estimate of drug-likeness (QED) is 0.473. The number of carbonyl (C=O) groups excluding carboxylic acids is 1.